The molecule has 0 saturated carbocycles. The third-order valence-corrected chi connectivity index (χ3v) is 2.60. The highest BCUT2D eigenvalue weighted by Gasteiger charge is 2.23. The van der Waals surface area contributed by atoms with Crippen LogP contribution in [0.15, 0.2) is 24.5 Å². The number of rotatable bonds is 3. The zero-order valence-electron chi connectivity index (χ0n) is 5.53. The highest BCUT2D eigenvalue weighted by molar-refractivity contribution is 7.57. The smallest absolute Gasteiger partial charge is 0.301 e. The normalized spacial score (nSPS) is 30.8. The summed E-state index contributed by atoms with van der Waals surface area (Å²) in [7, 11) is -2.84. The van der Waals surface area contributed by atoms with Crippen LogP contribution >= 0.6 is 7.60 Å². The molecule has 4 heteroatoms. The van der Waals surface area contributed by atoms with Gasteiger partial charge in [-0.2, -0.15) is 0 Å². The van der Waals surface area contributed by atoms with Gasteiger partial charge in [0, 0.05) is 5.82 Å². The molecule has 10 heavy (non-hydrogen) atoms. The van der Waals surface area contributed by atoms with Crippen molar-refractivity contribution < 1.29 is 13.6 Å². The first-order valence-electron chi connectivity index (χ1n) is 2.94. The molecule has 1 heterocycles. The van der Waals surface area contributed by atoms with Crippen LogP contribution in [0.25, 0.3) is 0 Å². The fourth-order valence-electron chi connectivity index (χ4n) is 0.599. The molecular weight excluding hydrogens is 151 g/mol. The molecule has 56 valence electrons. The second-order valence-corrected chi connectivity index (χ2v) is 3.70. The monoisotopic (exact) mass is 160 g/mol. The van der Waals surface area contributed by atoms with E-state index in [1.165, 1.54) is 11.9 Å². The Morgan fingerprint density at radius 1 is 1.90 bits per heavy atom. The van der Waals surface area contributed by atoms with Crippen molar-refractivity contribution in [2.24, 2.45) is 0 Å². The Morgan fingerprint density at radius 3 is 3.20 bits per heavy atom. The van der Waals surface area contributed by atoms with Gasteiger partial charge in [-0.3, -0.25) is 4.57 Å². The van der Waals surface area contributed by atoms with Crippen LogP contribution in [-0.2, 0) is 13.6 Å². The zero-order valence-corrected chi connectivity index (χ0v) is 6.42. The molecule has 1 unspecified atom stereocenters. The van der Waals surface area contributed by atoms with Gasteiger partial charge in [0.15, 0.2) is 0 Å². The quantitative estimate of drug-likeness (QED) is 0.467. The molecule has 1 rings (SSSR count). The molecule has 0 radical (unpaired) electrons. The largest absolute Gasteiger partial charge is 0.354 e. The van der Waals surface area contributed by atoms with Gasteiger partial charge in [0.2, 0.25) is 0 Å². The van der Waals surface area contributed by atoms with E-state index in [-0.39, 0.29) is 6.61 Å². The predicted octanol–water partition coefficient (Wildman–Crippen LogP) is 1.93. The van der Waals surface area contributed by atoms with E-state index in [1.54, 1.807) is 6.08 Å². The van der Waals surface area contributed by atoms with E-state index in [2.05, 4.69) is 6.58 Å². The minimum Gasteiger partial charge on any atom is -0.301 e. The molecule has 0 aromatic carbocycles. The number of hydrogen-bond acceptors (Lipinski definition) is 3. The summed E-state index contributed by atoms with van der Waals surface area (Å²) >= 11 is 0. The molecule has 0 saturated heterocycles. The summed E-state index contributed by atoms with van der Waals surface area (Å²) in [6.07, 6.45) is 3.22. The summed E-state index contributed by atoms with van der Waals surface area (Å²) in [6, 6.07) is 0. The highest BCUT2D eigenvalue weighted by atomic mass is 31.2. The lowest BCUT2D eigenvalue weighted by molar-refractivity contribution is 0.254. The van der Waals surface area contributed by atoms with Gasteiger partial charge >= 0.3 is 7.60 Å². The lowest BCUT2D eigenvalue weighted by atomic mass is 10.7. The Balaban J connectivity index is 2.45. The van der Waals surface area contributed by atoms with Gasteiger partial charge in [0.05, 0.1) is 13.2 Å². The Labute approximate surface area is 59.9 Å². The lowest BCUT2D eigenvalue weighted by Crippen LogP contribution is -1.87. The fraction of sp³-hybridized carbons (Fsp3) is 0.333. The fourth-order valence-corrected chi connectivity index (χ4v) is 1.80. The minimum absolute atomic E-state index is 0.265. The maximum absolute atomic E-state index is 11.2. The molecule has 0 aliphatic carbocycles. The van der Waals surface area contributed by atoms with Gasteiger partial charge in [-0.05, 0) is 0 Å². The molecule has 0 fully saturated rings. The molecule has 3 nitrogen and oxygen atoms in total. The summed E-state index contributed by atoms with van der Waals surface area (Å²) < 4.78 is 20.9. The van der Waals surface area contributed by atoms with Crippen LogP contribution in [0.2, 0.25) is 0 Å². The van der Waals surface area contributed by atoms with E-state index in [0.717, 1.165) is 0 Å². The number of hydrogen-bond donors (Lipinski definition) is 0. The van der Waals surface area contributed by atoms with E-state index in [9.17, 15) is 4.57 Å². The zero-order chi connectivity index (χ0) is 7.45. The third-order valence-electron chi connectivity index (χ3n) is 1.01. The Bertz CT molecular complexity index is 197. The molecular formula is C6H9O3P. The molecule has 0 amide bonds. The van der Waals surface area contributed by atoms with E-state index < -0.39 is 7.60 Å². The minimum atomic E-state index is -2.84. The van der Waals surface area contributed by atoms with Gasteiger partial charge in [0.25, 0.3) is 0 Å². The predicted molar refractivity (Wildman–Crippen MR) is 38.8 cm³/mol. The van der Waals surface area contributed by atoms with Gasteiger partial charge in [-0.15, -0.1) is 6.58 Å². The molecule has 0 N–H and O–H groups in total. The molecule has 1 atom stereocenters. The van der Waals surface area contributed by atoms with E-state index in [0.29, 0.717) is 6.61 Å². The van der Waals surface area contributed by atoms with Gasteiger partial charge in [0.1, 0.15) is 0 Å². The van der Waals surface area contributed by atoms with E-state index in [4.69, 9.17) is 9.05 Å². The average Bonchev–Trinajstić information content (AvgIpc) is 2.33. The van der Waals surface area contributed by atoms with Crippen LogP contribution in [0.1, 0.15) is 0 Å². The van der Waals surface area contributed by atoms with Crippen molar-refractivity contribution in [3.8, 4) is 0 Å². The molecule has 0 spiro atoms. The summed E-state index contributed by atoms with van der Waals surface area (Å²) in [5, 5.41) is 0. The standard InChI is InChI=1S/C6H9O3P/c1-2-4-8-10(7)6-3-5-9-10/h2-3,6H,1,4-5H2. The van der Waals surface area contributed by atoms with Crippen molar-refractivity contribution in [2.75, 3.05) is 13.2 Å². The molecule has 1 aliphatic rings. The van der Waals surface area contributed by atoms with Crippen LogP contribution < -0.4 is 0 Å². The van der Waals surface area contributed by atoms with E-state index >= 15 is 0 Å². The van der Waals surface area contributed by atoms with E-state index in [1.807, 2.05) is 0 Å². The van der Waals surface area contributed by atoms with Crippen LogP contribution in [0.5, 0.6) is 0 Å². The Morgan fingerprint density at radius 2 is 2.70 bits per heavy atom. The molecule has 0 bridgehead atoms. The second kappa shape index (κ2) is 3.15. The maximum atomic E-state index is 11.2. The van der Waals surface area contributed by atoms with Crippen molar-refractivity contribution in [1.29, 1.82) is 0 Å². The van der Waals surface area contributed by atoms with Crippen molar-refractivity contribution in [3.63, 3.8) is 0 Å². The van der Waals surface area contributed by atoms with Crippen molar-refractivity contribution in [2.45, 2.75) is 0 Å². The first-order chi connectivity index (χ1) is 4.77. The molecule has 1 aliphatic heterocycles. The van der Waals surface area contributed by atoms with Crippen LogP contribution in [0.3, 0.4) is 0 Å². The first kappa shape index (κ1) is 7.73. The second-order valence-electron chi connectivity index (χ2n) is 1.80. The summed E-state index contributed by atoms with van der Waals surface area (Å²) in [5.74, 6) is 1.47. The summed E-state index contributed by atoms with van der Waals surface area (Å²) in [5.41, 5.74) is 0. The van der Waals surface area contributed by atoms with Crippen molar-refractivity contribution in [3.05, 3.63) is 24.5 Å². The maximum Gasteiger partial charge on any atom is 0.354 e. The van der Waals surface area contributed by atoms with Gasteiger partial charge in [-0.25, -0.2) is 0 Å². The Hall–Kier alpha value is -0.370. The average molecular weight is 160 g/mol. The summed E-state index contributed by atoms with van der Waals surface area (Å²) in [4.78, 5) is 0. The topological polar surface area (TPSA) is 35.5 Å². The SMILES string of the molecule is C=CCOP1(=O)C=CCO1. The first-order valence-corrected chi connectivity index (χ1v) is 4.55. The molecule has 0 aromatic heterocycles. The summed E-state index contributed by atoms with van der Waals surface area (Å²) in [6.45, 7) is 4.08. The Kier molecular flexibility index (Phi) is 2.44. The molecule has 0 aromatic rings. The third kappa shape index (κ3) is 1.81. The van der Waals surface area contributed by atoms with Crippen molar-refractivity contribution in [1.82, 2.24) is 0 Å². The van der Waals surface area contributed by atoms with Gasteiger partial charge in [-0.1, -0.05) is 12.2 Å². The lowest BCUT2D eigenvalue weighted by Gasteiger charge is -2.06. The van der Waals surface area contributed by atoms with Crippen LogP contribution in [0.4, 0.5) is 0 Å². The van der Waals surface area contributed by atoms with Crippen LogP contribution in [0, 0.1) is 0 Å². The van der Waals surface area contributed by atoms with Gasteiger partial charge < -0.3 is 9.05 Å². The highest BCUT2D eigenvalue weighted by Crippen LogP contribution is 2.52. The van der Waals surface area contributed by atoms with Crippen LogP contribution in [-0.4, -0.2) is 13.2 Å². The van der Waals surface area contributed by atoms with Crippen molar-refractivity contribution >= 4 is 7.60 Å².